The maximum atomic E-state index is 6.09. The maximum Gasteiger partial charge on any atom is 0.136 e. The second-order valence-electron chi connectivity index (χ2n) is 8.70. The van der Waals surface area contributed by atoms with Crippen molar-refractivity contribution in [2.75, 3.05) is 13.2 Å². The van der Waals surface area contributed by atoms with Crippen molar-refractivity contribution in [3.63, 3.8) is 0 Å². The molecule has 38 heavy (non-hydrogen) atoms. The van der Waals surface area contributed by atoms with Gasteiger partial charge in [0.1, 0.15) is 11.5 Å². The number of rotatable bonds is 10. The Labute approximate surface area is 225 Å². The highest BCUT2D eigenvalue weighted by Crippen LogP contribution is 2.29. The molecule has 0 aliphatic heterocycles. The van der Waals surface area contributed by atoms with E-state index in [1.165, 1.54) is 0 Å². The summed E-state index contributed by atoms with van der Waals surface area (Å²) in [5, 5.41) is 0. The Bertz CT molecular complexity index is 1390. The molecule has 3 aromatic heterocycles. The van der Waals surface area contributed by atoms with E-state index < -0.39 is 0 Å². The van der Waals surface area contributed by atoms with E-state index in [0.717, 1.165) is 59.6 Å². The summed E-state index contributed by atoms with van der Waals surface area (Å²) in [7, 11) is 0. The van der Waals surface area contributed by atoms with Crippen molar-refractivity contribution in [2.45, 2.75) is 39.5 Å². The number of ether oxygens (including phenoxy) is 2. The lowest BCUT2D eigenvalue weighted by Crippen LogP contribution is -2.03. The molecule has 4 rings (SSSR count). The van der Waals surface area contributed by atoms with Gasteiger partial charge in [0, 0.05) is 30.1 Å². The topological polar surface area (TPSA) is 57.1 Å². The zero-order valence-electron chi connectivity index (χ0n) is 21.9. The lowest BCUT2D eigenvalue weighted by Gasteiger charge is -2.13. The third kappa shape index (κ3) is 6.99. The standard InChI is InChI=1S/C33H31N3O2/c1-4-7-19-37-32-24-27(33(23-26(32)6-3)38-20-8-5-2)16-15-25-21-30(28-13-9-11-17-34-28)36-31(22-25)29-14-10-12-18-35-29/h3,9-14,17-18,21-24H,4-5,7-8,19-20H2,1-2H3. The van der Waals surface area contributed by atoms with Crippen LogP contribution < -0.4 is 9.47 Å². The van der Waals surface area contributed by atoms with Crippen LogP contribution in [-0.2, 0) is 0 Å². The molecule has 0 amide bonds. The highest BCUT2D eigenvalue weighted by atomic mass is 16.5. The SMILES string of the molecule is C#Cc1cc(OCCCC)c(C#Cc2cc(-c3ccccn3)nc(-c3ccccn3)c2)cc1OCCCC. The van der Waals surface area contributed by atoms with Gasteiger partial charge in [-0.05, 0) is 49.2 Å². The number of aromatic nitrogens is 3. The zero-order valence-corrected chi connectivity index (χ0v) is 21.9. The van der Waals surface area contributed by atoms with Gasteiger partial charge in [-0.2, -0.15) is 0 Å². The molecule has 0 unspecified atom stereocenters. The van der Waals surface area contributed by atoms with E-state index in [4.69, 9.17) is 20.9 Å². The number of hydrogen-bond donors (Lipinski definition) is 0. The van der Waals surface area contributed by atoms with Gasteiger partial charge in [-0.15, -0.1) is 6.42 Å². The summed E-state index contributed by atoms with van der Waals surface area (Å²) in [5.41, 5.74) is 5.16. The number of nitrogens with zero attached hydrogens (tertiary/aromatic N) is 3. The minimum absolute atomic E-state index is 0.591. The fraction of sp³-hybridized carbons (Fsp3) is 0.242. The van der Waals surface area contributed by atoms with Gasteiger partial charge >= 0.3 is 0 Å². The van der Waals surface area contributed by atoms with Crippen molar-refractivity contribution in [2.24, 2.45) is 0 Å². The third-order valence-electron chi connectivity index (χ3n) is 5.77. The first-order chi connectivity index (χ1) is 18.7. The fourth-order valence-electron chi connectivity index (χ4n) is 3.70. The summed E-state index contributed by atoms with van der Waals surface area (Å²) < 4.78 is 12.1. The first kappa shape index (κ1) is 26.5. The van der Waals surface area contributed by atoms with E-state index in [9.17, 15) is 0 Å². The molecular formula is C33H31N3O2. The van der Waals surface area contributed by atoms with Crippen molar-refractivity contribution < 1.29 is 9.47 Å². The largest absolute Gasteiger partial charge is 0.492 e. The first-order valence-electron chi connectivity index (χ1n) is 13.0. The minimum Gasteiger partial charge on any atom is -0.492 e. The third-order valence-corrected chi connectivity index (χ3v) is 5.77. The summed E-state index contributed by atoms with van der Waals surface area (Å²) in [6.07, 6.45) is 13.3. The molecule has 0 saturated heterocycles. The summed E-state index contributed by atoms with van der Waals surface area (Å²) in [6, 6.07) is 19.1. The van der Waals surface area contributed by atoms with Crippen molar-refractivity contribution in [1.82, 2.24) is 15.0 Å². The Hall–Kier alpha value is -4.61. The molecule has 190 valence electrons. The van der Waals surface area contributed by atoms with Gasteiger partial charge in [0.05, 0.1) is 47.1 Å². The zero-order chi connectivity index (χ0) is 26.6. The van der Waals surface area contributed by atoms with Crippen LogP contribution in [0.4, 0.5) is 0 Å². The number of terminal acetylenes is 1. The fourth-order valence-corrected chi connectivity index (χ4v) is 3.70. The average Bonchev–Trinajstić information content (AvgIpc) is 2.97. The molecule has 0 aliphatic rings. The minimum atomic E-state index is 0.591. The summed E-state index contributed by atoms with van der Waals surface area (Å²) in [5.74, 6) is 10.6. The van der Waals surface area contributed by atoms with Gasteiger partial charge in [-0.25, -0.2) is 4.98 Å². The number of hydrogen-bond acceptors (Lipinski definition) is 5. The molecule has 1 aromatic carbocycles. The molecule has 0 aliphatic carbocycles. The molecule has 0 atom stereocenters. The Morgan fingerprint density at radius 2 is 1.24 bits per heavy atom. The van der Waals surface area contributed by atoms with Gasteiger partial charge in [0.15, 0.2) is 0 Å². The van der Waals surface area contributed by atoms with Crippen LogP contribution in [0.1, 0.15) is 56.2 Å². The van der Waals surface area contributed by atoms with Crippen LogP contribution in [0.3, 0.4) is 0 Å². The van der Waals surface area contributed by atoms with Gasteiger partial charge in [0.2, 0.25) is 0 Å². The van der Waals surface area contributed by atoms with E-state index in [-0.39, 0.29) is 0 Å². The molecule has 0 saturated carbocycles. The molecule has 3 heterocycles. The highest BCUT2D eigenvalue weighted by Gasteiger charge is 2.12. The Balaban J connectivity index is 1.78. The van der Waals surface area contributed by atoms with Gasteiger partial charge in [-0.1, -0.05) is 56.6 Å². The van der Waals surface area contributed by atoms with Crippen LogP contribution in [0.15, 0.2) is 73.1 Å². The van der Waals surface area contributed by atoms with Crippen molar-refractivity contribution >= 4 is 0 Å². The highest BCUT2D eigenvalue weighted by molar-refractivity contribution is 5.66. The van der Waals surface area contributed by atoms with Gasteiger partial charge in [-0.3, -0.25) is 9.97 Å². The molecular weight excluding hydrogens is 470 g/mol. The van der Waals surface area contributed by atoms with E-state index in [2.05, 4.69) is 41.6 Å². The normalized spacial score (nSPS) is 10.2. The smallest absolute Gasteiger partial charge is 0.136 e. The Morgan fingerprint density at radius 3 is 1.74 bits per heavy atom. The predicted molar refractivity (Wildman–Crippen MR) is 152 cm³/mol. The first-order valence-corrected chi connectivity index (χ1v) is 13.0. The van der Waals surface area contributed by atoms with Crippen LogP contribution in [0, 0.1) is 24.2 Å². The Kier molecular flexibility index (Phi) is 9.49. The van der Waals surface area contributed by atoms with Gasteiger partial charge in [0.25, 0.3) is 0 Å². The van der Waals surface area contributed by atoms with E-state index >= 15 is 0 Å². The van der Waals surface area contributed by atoms with Crippen LogP contribution in [0.2, 0.25) is 0 Å². The van der Waals surface area contributed by atoms with Crippen LogP contribution in [-0.4, -0.2) is 28.2 Å². The average molecular weight is 502 g/mol. The van der Waals surface area contributed by atoms with Crippen molar-refractivity contribution in [3.05, 3.63) is 89.7 Å². The van der Waals surface area contributed by atoms with Crippen LogP contribution >= 0.6 is 0 Å². The molecule has 5 nitrogen and oxygen atoms in total. The molecule has 0 radical (unpaired) electrons. The summed E-state index contributed by atoms with van der Waals surface area (Å²) >= 11 is 0. The number of unbranched alkanes of at least 4 members (excludes halogenated alkanes) is 2. The summed E-state index contributed by atoms with van der Waals surface area (Å²) in [4.78, 5) is 13.8. The quantitative estimate of drug-likeness (QED) is 0.174. The number of pyridine rings is 3. The van der Waals surface area contributed by atoms with E-state index in [1.54, 1.807) is 12.4 Å². The molecule has 0 fully saturated rings. The van der Waals surface area contributed by atoms with Crippen molar-refractivity contribution in [3.8, 4) is 58.5 Å². The number of benzene rings is 1. The molecule has 0 bridgehead atoms. The second-order valence-corrected chi connectivity index (χ2v) is 8.70. The van der Waals surface area contributed by atoms with Crippen molar-refractivity contribution in [1.29, 1.82) is 0 Å². The Morgan fingerprint density at radius 1 is 0.684 bits per heavy atom. The van der Waals surface area contributed by atoms with Crippen LogP contribution in [0.25, 0.3) is 22.8 Å². The lowest BCUT2D eigenvalue weighted by atomic mass is 10.1. The summed E-state index contributed by atoms with van der Waals surface area (Å²) in [6.45, 7) is 5.44. The second kappa shape index (κ2) is 13.6. The monoisotopic (exact) mass is 501 g/mol. The van der Waals surface area contributed by atoms with Crippen LogP contribution in [0.5, 0.6) is 11.5 Å². The van der Waals surface area contributed by atoms with E-state index in [0.29, 0.717) is 30.3 Å². The lowest BCUT2D eigenvalue weighted by molar-refractivity contribution is 0.299. The van der Waals surface area contributed by atoms with Gasteiger partial charge < -0.3 is 9.47 Å². The molecule has 4 aromatic rings. The molecule has 0 N–H and O–H groups in total. The maximum absolute atomic E-state index is 6.09. The molecule has 5 heteroatoms. The molecule has 0 spiro atoms. The van der Waals surface area contributed by atoms with E-state index in [1.807, 2.05) is 60.7 Å². The predicted octanol–water partition coefficient (Wildman–Crippen LogP) is 6.94.